The van der Waals surface area contributed by atoms with Gasteiger partial charge in [0.2, 0.25) is 8.32 Å². The van der Waals surface area contributed by atoms with Gasteiger partial charge in [-0.3, -0.25) is 0 Å². The van der Waals surface area contributed by atoms with Crippen molar-refractivity contribution in [3.05, 3.63) is 12.3 Å². The van der Waals surface area contributed by atoms with Crippen molar-refractivity contribution in [1.82, 2.24) is 0 Å². The molecule has 132 valence electrons. The maximum Gasteiger partial charge on any atom is 0.216 e. The van der Waals surface area contributed by atoms with Gasteiger partial charge in [-0.25, -0.2) is 0 Å². The molecule has 0 N–H and O–H groups in total. The normalized spacial score (nSPS) is 12.3. The van der Waals surface area contributed by atoms with Crippen LogP contribution in [0.15, 0.2) is 12.3 Å². The third-order valence-electron chi connectivity index (χ3n) is 4.57. The summed E-state index contributed by atoms with van der Waals surface area (Å²) in [7, 11) is -1.66. The molecule has 0 fully saturated rings. The summed E-state index contributed by atoms with van der Waals surface area (Å²) in [5.74, 6) is 1.68. The van der Waals surface area contributed by atoms with Crippen molar-refractivity contribution >= 4 is 8.32 Å². The highest BCUT2D eigenvalue weighted by atomic mass is 28.4. The van der Waals surface area contributed by atoms with E-state index in [1.807, 2.05) is 0 Å². The van der Waals surface area contributed by atoms with Gasteiger partial charge in [0.1, 0.15) is 0 Å². The van der Waals surface area contributed by atoms with E-state index in [9.17, 15) is 0 Å². The van der Waals surface area contributed by atoms with Crippen LogP contribution in [0.1, 0.15) is 86.0 Å². The Morgan fingerprint density at radius 3 is 1.59 bits per heavy atom. The van der Waals surface area contributed by atoms with Gasteiger partial charge in [-0.15, -0.1) is 6.58 Å². The Morgan fingerprint density at radius 1 is 0.818 bits per heavy atom. The Labute approximate surface area is 142 Å². The minimum atomic E-state index is -1.66. The van der Waals surface area contributed by atoms with E-state index in [1.165, 1.54) is 63.5 Å². The first-order chi connectivity index (χ1) is 10.5. The second-order valence-electron chi connectivity index (χ2n) is 7.69. The van der Waals surface area contributed by atoms with Crippen molar-refractivity contribution in [1.29, 1.82) is 0 Å². The fourth-order valence-corrected chi connectivity index (χ4v) is 6.46. The van der Waals surface area contributed by atoms with Crippen molar-refractivity contribution in [2.24, 2.45) is 11.8 Å². The maximum atomic E-state index is 6.25. The summed E-state index contributed by atoms with van der Waals surface area (Å²) in [6, 6.07) is 2.57. The van der Waals surface area contributed by atoms with E-state index in [-0.39, 0.29) is 0 Å². The maximum absolute atomic E-state index is 6.25. The van der Waals surface area contributed by atoms with Gasteiger partial charge < -0.3 is 4.43 Å². The quantitative estimate of drug-likeness (QED) is 0.230. The van der Waals surface area contributed by atoms with Crippen molar-refractivity contribution in [3.63, 3.8) is 0 Å². The topological polar surface area (TPSA) is 9.23 Å². The fraction of sp³-hybridized carbons (Fsp3) is 0.900. The van der Waals surface area contributed by atoms with E-state index < -0.39 is 8.32 Å². The third kappa shape index (κ3) is 11.5. The summed E-state index contributed by atoms with van der Waals surface area (Å²) in [6.07, 6.45) is 10.9. The van der Waals surface area contributed by atoms with Gasteiger partial charge >= 0.3 is 0 Å². The van der Waals surface area contributed by atoms with Gasteiger partial charge in [-0.05, 0) is 30.8 Å². The molecule has 1 nitrogen and oxygen atoms in total. The van der Waals surface area contributed by atoms with Crippen molar-refractivity contribution in [2.75, 3.05) is 6.61 Å². The molecule has 0 saturated carbocycles. The average molecular weight is 327 g/mol. The van der Waals surface area contributed by atoms with Crippen LogP contribution in [-0.2, 0) is 4.43 Å². The fourth-order valence-electron chi connectivity index (χ4n) is 3.13. The van der Waals surface area contributed by atoms with Gasteiger partial charge in [-0.2, -0.15) is 0 Å². The predicted molar refractivity (Wildman–Crippen MR) is 104 cm³/mol. The molecule has 0 unspecified atom stereocenters. The van der Waals surface area contributed by atoms with Gasteiger partial charge in [0.15, 0.2) is 0 Å². The molecular formula is C20H42OSi. The summed E-state index contributed by atoms with van der Waals surface area (Å²) in [5.41, 5.74) is 2.22. The lowest BCUT2D eigenvalue weighted by molar-refractivity contribution is 0.324. The van der Waals surface area contributed by atoms with E-state index in [4.69, 9.17) is 4.43 Å². The van der Waals surface area contributed by atoms with Gasteiger partial charge in [0, 0.05) is 6.61 Å². The summed E-state index contributed by atoms with van der Waals surface area (Å²) in [4.78, 5) is 0. The molecule has 0 aliphatic rings. The summed E-state index contributed by atoms with van der Waals surface area (Å²) < 4.78 is 6.25. The van der Waals surface area contributed by atoms with Gasteiger partial charge in [0.25, 0.3) is 0 Å². The van der Waals surface area contributed by atoms with Crippen LogP contribution >= 0.6 is 0 Å². The Kier molecular flexibility index (Phi) is 13.3. The molecule has 0 radical (unpaired) electrons. The first-order valence-corrected chi connectivity index (χ1v) is 12.1. The molecule has 0 aliphatic carbocycles. The predicted octanol–water partition coefficient (Wildman–Crippen LogP) is 7.13. The van der Waals surface area contributed by atoms with Crippen LogP contribution in [0.3, 0.4) is 0 Å². The number of hydrogen-bond donors (Lipinski definition) is 0. The largest absolute Gasteiger partial charge is 0.413 e. The van der Waals surface area contributed by atoms with Crippen molar-refractivity contribution in [3.8, 4) is 0 Å². The van der Waals surface area contributed by atoms with Crippen LogP contribution in [-0.4, -0.2) is 14.9 Å². The lowest BCUT2D eigenvalue weighted by atomic mass is 10.1. The second-order valence-corrected chi connectivity index (χ2v) is 11.5. The molecule has 0 heterocycles. The van der Waals surface area contributed by atoms with E-state index in [2.05, 4.69) is 46.9 Å². The monoisotopic (exact) mass is 326 g/mol. The van der Waals surface area contributed by atoms with Crippen LogP contribution in [0.25, 0.3) is 0 Å². The number of hydrogen-bond acceptors (Lipinski definition) is 1. The lowest BCUT2D eigenvalue weighted by Gasteiger charge is -2.28. The highest BCUT2D eigenvalue weighted by Gasteiger charge is 2.29. The minimum Gasteiger partial charge on any atom is -0.413 e. The molecule has 22 heavy (non-hydrogen) atoms. The molecule has 0 aromatic rings. The van der Waals surface area contributed by atoms with Crippen LogP contribution in [0.4, 0.5) is 0 Å². The smallest absolute Gasteiger partial charge is 0.216 e. The zero-order valence-electron chi connectivity index (χ0n) is 16.1. The lowest BCUT2D eigenvalue weighted by Crippen LogP contribution is -2.36. The van der Waals surface area contributed by atoms with E-state index in [0.717, 1.165) is 18.4 Å². The number of rotatable bonds is 15. The highest BCUT2D eigenvalue weighted by molar-refractivity contribution is 6.78. The molecule has 0 aliphatic heterocycles. The molecule has 2 heteroatoms. The molecule has 0 saturated heterocycles. The first-order valence-electron chi connectivity index (χ1n) is 9.73. The van der Waals surface area contributed by atoms with Crippen LogP contribution in [0.2, 0.25) is 12.1 Å². The van der Waals surface area contributed by atoms with E-state index >= 15 is 0 Å². The Bertz CT molecular complexity index is 242. The van der Waals surface area contributed by atoms with Crippen LogP contribution < -0.4 is 0 Å². The molecule has 0 bridgehead atoms. The average Bonchev–Trinajstić information content (AvgIpc) is 2.45. The van der Waals surface area contributed by atoms with Crippen LogP contribution in [0, 0.1) is 11.8 Å². The Morgan fingerprint density at radius 2 is 1.27 bits per heavy atom. The van der Waals surface area contributed by atoms with Crippen LogP contribution in [0.5, 0.6) is 0 Å². The molecule has 0 atom stereocenters. The highest BCUT2D eigenvalue weighted by Crippen LogP contribution is 2.26. The Hall–Kier alpha value is -0.0831. The zero-order valence-corrected chi connectivity index (χ0v) is 17.1. The van der Waals surface area contributed by atoms with E-state index in [1.54, 1.807) is 0 Å². The van der Waals surface area contributed by atoms with Gasteiger partial charge in [0.05, 0.1) is 0 Å². The molecule has 0 amide bonds. The molecule has 0 aromatic heterocycles. The molecule has 0 rings (SSSR count). The summed E-state index contributed by atoms with van der Waals surface area (Å²) in [6.45, 7) is 16.4. The summed E-state index contributed by atoms with van der Waals surface area (Å²) >= 11 is 0. The molecule has 0 spiro atoms. The second kappa shape index (κ2) is 13.4. The third-order valence-corrected chi connectivity index (χ3v) is 8.57. The summed E-state index contributed by atoms with van der Waals surface area (Å²) in [5, 5.41) is 0. The zero-order chi connectivity index (χ0) is 16.8. The SMILES string of the molecule is C=C[Si](CCCCCC(C)C)(CCCCCC(C)C)OCC. The van der Waals surface area contributed by atoms with Gasteiger partial charge in [-0.1, -0.05) is 84.8 Å². The van der Waals surface area contributed by atoms with E-state index in [0.29, 0.717) is 0 Å². The standard InChI is InChI=1S/C20H42OSi/c1-7-21-22(8-2,17-13-9-11-15-19(3)4)18-14-10-12-16-20(5)6/h8,19-20H,2,7,9-18H2,1,3-6H3. The minimum absolute atomic E-state index is 0.842. The van der Waals surface area contributed by atoms with Crippen molar-refractivity contribution < 1.29 is 4.43 Å². The molecule has 0 aromatic carbocycles. The van der Waals surface area contributed by atoms with Crippen molar-refractivity contribution in [2.45, 2.75) is 98.1 Å². The Balaban J connectivity index is 4.08. The number of unbranched alkanes of at least 4 members (excludes halogenated alkanes) is 4. The first kappa shape index (κ1) is 21.9. The molecular weight excluding hydrogens is 284 g/mol.